The summed E-state index contributed by atoms with van der Waals surface area (Å²) in [5.41, 5.74) is 0.411. The summed E-state index contributed by atoms with van der Waals surface area (Å²) in [7, 11) is 1.67. The summed E-state index contributed by atoms with van der Waals surface area (Å²) in [5.74, 6) is -0.0896. The summed E-state index contributed by atoms with van der Waals surface area (Å²) in [6, 6.07) is 5.96. The van der Waals surface area contributed by atoms with E-state index in [0.29, 0.717) is 18.1 Å². The quantitative estimate of drug-likeness (QED) is 0.647. The molecule has 1 amide bonds. The molecule has 2 rings (SSSR count). The first-order chi connectivity index (χ1) is 10.0. The van der Waals surface area contributed by atoms with Crippen LogP contribution >= 0.6 is 0 Å². The van der Waals surface area contributed by atoms with E-state index < -0.39 is 10.8 Å². The summed E-state index contributed by atoms with van der Waals surface area (Å²) < 4.78 is 1.47. The summed E-state index contributed by atoms with van der Waals surface area (Å²) in [5, 5.41) is 20.6. The molecular formula is C13H15N5O3. The van der Waals surface area contributed by atoms with Crippen molar-refractivity contribution in [3.8, 4) is 0 Å². The second kappa shape index (κ2) is 6.04. The number of amides is 1. The number of nitro benzene ring substituents is 1. The number of carbonyl (C=O) groups excluding carboxylic acids is 1. The Labute approximate surface area is 120 Å². The van der Waals surface area contributed by atoms with E-state index in [4.69, 9.17) is 0 Å². The molecule has 8 nitrogen and oxygen atoms in total. The van der Waals surface area contributed by atoms with Gasteiger partial charge in [0.15, 0.2) is 0 Å². The van der Waals surface area contributed by atoms with Gasteiger partial charge >= 0.3 is 0 Å². The van der Waals surface area contributed by atoms with Gasteiger partial charge in [0.2, 0.25) is 0 Å². The minimum absolute atomic E-state index is 0.000324. The zero-order chi connectivity index (χ0) is 15.4. The number of anilines is 2. The molecule has 0 fully saturated rings. The number of benzene rings is 1. The van der Waals surface area contributed by atoms with Gasteiger partial charge in [-0.3, -0.25) is 19.6 Å². The smallest absolute Gasteiger partial charge is 0.282 e. The van der Waals surface area contributed by atoms with E-state index >= 15 is 0 Å². The van der Waals surface area contributed by atoms with Gasteiger partial charge in [-0.15, -0.1) is 0 Å². The number of aromatic nitrogens is 2. The summed E-state index contributed by atoms with van der Waals surface area (Å²) in [6.07, 6.45) is 1.53. The van der Waals surface area contributed by atoms with E-state index in [9.17, 15) is 14.9 Å². The molecule has 21 heavy (non-hydrogen) atoms. The van der Waals surface area contributed by atoms with Gasteiger partial charge in [-0.05, 0) is 19.1 Å². The molecule has 8 heteroatoms. The minimum atomic E-state index is -0.576. The fourth-order valence-corrected chi connectivity index (χ4v) is 1.87. The molecule has 0 aliphatic carbocycles. The number of nitrogens with one attached hydrogen (secondary N) is 2. The highest BCUT2D eigenvalue weighted by atomic mass is 16.6. The molecule has 1 aromatic carbocycles. The summed E-state index contributed by atoms with van der Waals surface area (Å²) in [6.45, 7) is 2.55. The van der Waals surface area contributed by atoms with Gasteiger partial charge in [0.1, 0.15) is 11.4 Å². The molecule has 0 spiro atoms. The predicted octanol–water partition coefficient (Wildman–Crippen LogP) is 2.01. The van der Waals surface area contributed by atoms with E-state index in [1.165, 1.54) is 23.0 Å². The fourth-order valence-electron chi connectivity index (χ4n) is 1.87. The van der Waals surface area contributed by atoms with Crippen LogP contribution in [0.1, 0.15) is 17.3 Å². The molecule has 0 aliphatic rings. The molecule has 0 atom stereocenters. The van der Waals surface area contributed by atoms with Crippen molar-refractivity contribution < 1.29 is 9.72 Å². The first kappa shape index (κ1) is 14.5. The number of carbonyl (C=O) groups is 1. The van der Waals surface area contributed by atoms with Crippen LogP contribution in [-0.4, -0.2) is 27.2 Å². The van der Waals surface area contributed by atoms with Crippen LogP contribution in [0.5, 0.6) is 0 Å². The lowest BCUT2D eigenvalue weighted by Gasteiger charge is -2.08. The lowest BCUT2D eigenvalue weighted by atomic mass is 10.1. The lowest BCUT2D eigenvalue weighted by Crippen LogP contribution is -2.16. The maximum Gasteiger partial charge on any atom is 0.282 e. The van der Waals surface area contributed by atoms with Gasteiger partial charge in [-0.25, -0.2) is 0 Å². The maximum atomic E-state index is 12.3. The summed E-state index contributed by atoms with van der Waals surface area (Å²) in [4.78, 5) is 22.7. The van der Waals surface area contributed by atoms with Crippen LogP contribution < -0.4 is 10.6 Å². The number of aryl methyl sites for hydroxylation is 1. The molecule has 0 bridgehead atoms. The Balaban J connectivity index is 2.35. The van der Waals surface area contributed by atoms with Gasteiger partial charge < -0.3 is 10.6 Å². The monoisotopic (exact) mass is 289 g/mol. The Bertz CT molecular complexity index is 680. The van der Waals surface area contributed by atoms with Crippen molar-refractivity contribution in [2.75, 3.05) is 17.2 Å². The number of nitro groups is 1. The first-order valence-electron chi connectivity index (χ1n) is 6.34. The Kier molecular flexibility index (Phi) is 4.17. The van der Waals surface area contributed by atoms with E-state index in [-0.39, 0.29) is 11.3 Å². The minimum Gasteiger partial charge on any atom is -0.385 e. The van der Waals surface area contributed by atoms with Gasteiger partial charge in [-0.2, -0.15) is 5.10 Å². The zero-order valence-corrected chi connectivity index (χ0v) is 11.7. The standard InChI is InChI=1S/C13H15N5O3/c1-3-14-9-4-5-11(18(20)21)10(8-9)13(19)16-12-6-7-15-17(12)2/h4-8,14H,3H2,1-2H3,(H,16,19). The number of hydrogen-bond acceptors (Lipinski definition) is 5. The van der Waals surface area contributed by atoms with Crippen LogP contribution in [0.25, 0.3) is 0 Å². The highest BCUT2D eigenvalue weighted by Gasteiger charge is 2.21. The SMILES string of the molecule is CCNc1ccc([N+](=O)[O-])c(C(=O)Nc2ccnn2C)c1. The van der Waals surface area contributed by atoms with Crippen LogP contribution in [0.15, 0.2) is 30.5 Å². The van der Waals surface area contributed by atoms with Gasteiger partial charge in [0.25, 0.3) is 11.6 Å². The average Bonchev–Trinajstić information content (AvgIpc) is 2.84. The summed E-state index contributed by atoms with van der Waals surface area (Å²) >= 11 is 0. The molecule has 0 radical (unpaired) electrons. The van der Waals surface area contributed by atoms with Crippen molar-refractivity contribution in [3.63, 3.8) is 0 Å². The Morgan fingerprint density at radius 2 is 2.19 bits per heavy atom. The predicted molar refractivity (Wildman–Crippen MR) is 78.4 cm³/mol. The van der Waals surface area contributed by atoms with Crippen LogP contribution in [0.3, 0.4) is 0 Å². The molecule has 1 aromatic heterocycles. The van der Waals surface area contributed by atoms with E-state index in [0.717, 1.165) is 0 Å². The van der Waals surface area contributed by atoms with Gasteiger partial charge in [0.05, 0.1) is 11.1 Å². The molecular weight excluding hydrogens is 274 g/mol. The Hall–Kier alpha value is -2.90. The number of nitrogens with zero attached hydrogens (tertiary/aromatic N) is 3. The van der Waals surface area contributed by atoms with Crippen molar-refractivity contribution in [1.82, 2.24) is 9.78 Å². The van der Waals surface area contributed by atoms with E-state index in [2.05, 4.69) is 15.7 Å². The zero-order valence-electron chi connectivity index (χ0n) is 11.7. The maximum absolute atomic E-state index is 12.3. The molecule has 0 aliphatic heterocycles. The van der Waals surface area contributed by atoms with Crippen LogP contribution in [0, 0.1) is 10.1 Å². The fraction of sp³-hybridized carbons (Fsp3) is 0.231. The average molecular weight is 289 g/mol. The molecule has 2 aromatic rings. The molecule has 2 N–H and O–H groups in total. The topological polar surface area (TPSA) is 102 Å². The van der Waals surface area contributed by atoms with Crippen molar-refractivity contribution in [3.05, 3.63) is 46.1 Å². The van der Waals surface area contributed by atoms with Crippen LogP contribution in [-0.2, 0) is 7.05 Å². The van der Waals surface area contributed by atoms with Crippen molar-refractivity contribution in [2.24, 2.45) is 7.05 Å². The second-order valence-corrected chi connectivity index (χ2v) is 4.31. The van der Waals surface area contributed by atoms with Crippen LogP contribution in [0.2, 0.25) is 0 Å². The third-order valence-electron chi connectivity index (χ3n) is 2.88. The molecule has 110 valence electrons. The normalized spacial score (nSPS) is 10.2. The Morgan fingerprint density at radius 1 is 1.43 bits per heavy atom. The van der Waals surface area contributed by atoms with Crippen molar-refractivity contribution in [1.29, 1.82) is 0 Å². The molecule has 0 saturated heterocycles. The third-order valence-corrected chi connectivity index (χ3v) is 2.88. The molecule has 0 saturated carbocycles. The van der Waals surface area contributed by atoms with Crippen molar-refractivity contribution in [2.45, 2.75) is 6.92 Å². The largest absolute Gasteiger partial charge is 0.385 e. The molecule has 1 heterocycles. The van der Waals surface area contributed by atoms with Gasteiger partial charge in [0, 0.05) is 31.4 Å². The highest BCUT2D eigenvalue weighted by molar-refractivity contribution is 6.07. The molecule has 0 unspecified atom stereocenters. The number of rotatable bonds is 5. The Morgan fingerprint density at radius 3 is 2.76 bits per heavy atom. The van der Waals surface area contributed by atoms with Crippen LogP contribution in [0.4, 0.5) is 17.2 Å². The van der Waals surface area contributed by atoms with Crippen molar-refractivity contribution >= 4 is 23.1 Å². The number of hydrogen-bond donors (Lipinski definition) is 2. The van der Waals surface area contributed by atoms with Gasteiger partial charge in [-0.1, -0.05) is 0 Å². The first-order valence-corrected chi connectivity index (χ1v) is 6.34. The highest BCUT2D eigenvalue weighted by Crippen LogP contribution is 2.23. The van der Waals surface area contributed by atoms with E-state index in [1.807, 2.05) is 6.92 Å². The van der Waals surface area contributed by atoms with E-state index in [1.54, 1.807) is 19.2 Å². The second-order valence-electron chi connectivity index (χ2n) is 4.31. The lowest BCUT2D eigenvalue weighted by molar-refractivity contribution is -0.385. The third kappa shape index (κ3) is 3.16.